The number of amides is 1. The zero-order valence-electron chi connectivity index (χ0n) is 12.1. The summed E-state index contributed by atoms with van der Waals surface area (Å²) in [5.74, 6) is -0.118. The lowest BCUT2D eigenvalue weighted by Crippen LogP contribution is -2.32. The summed E-state index contributed by atoms with van der Waals surface area (Å²) in [5, 5.41) is 2.91. The molecule has 3 N–H and O–H groups in total. The van der Waals surface area contributed by atoms with Gasteiger partial charge in [-0.1, -0.05) is 38.1 Å². The molecule has 106 valence electrons. The molecule has 1 unspecified atom stereocenters. The van der Waals surface area contributed by atoms with Crippen LogP contribution >= 0.6 is 0 Å². The second-order valence-electron chi connectivity index (χ2n) is 5.00. The van der Waals surface area contributed by atoms with Crippen molar-refractivity contribution in [2.45, 2.75) is 26.9 Å². The molecule has 0 bridgehead atoms. The van der Waals surface area contributed by atoms with Crippen LogP contribution in [0.1, 0.15) is 25.0 Å². The summed E-state index contributed by atoms with van der Waals surface area (Å²) in [4.78, 5) is 13.9. The molecule has 0 spiro atoms. The predicted molar refractivity (Wildman–Crippen MR) is 78.5 cm³/mol. The van der Waals surface area contributed by atoms with Gasteiger partial charge in [0.25, 0.3) is 0 Å². The molecule has 0 aliphatic heterocycles. The molecule has 4 nitrogen and oxygen atoms in total. The fourth-order valence-corrected chi connectivity index (χ4v) is 1.73. The van der Waals surface area contributed by atoms with Gasteiger partial charge in [0.05, 0.1) is 0 Å². The van der Waals surface area contributed by atoms with E-state index in [1.807, 2.05) is 19.1 Å². The fraction of sp³-hybridized carbons (Fsp3) is 0.533. The van der Waals surface area contributed by atoms with E-state index in [0.29, 0.717) is 13.1 Å². The normalized spacial score (nSPS) is 12.5. The highest BCUT2D eigenvalue weighted by atomic mass is 16.1. The second-order valence-corrected chi connectivity index (χ2v) is 5.00. The van der Waals surface area contributed by atoms with Crippen LogP contribution in [0.25, 0.3) is 0 Å². The number of nitrogens with two attached hydrogens (primary N) is 1. The molecular weight excluding hydrogens is 238 g/mol. The van der Waals surface area contributed by atoms with E-state index >= 15 is 0 Å². The van der Waals surface area contributed by atoms with Crippen molar-refractivity contribution in [3.63, 3.8) is 0 Å². The third-order valence-electron chi connectivity index (χ3n) is 3.25. The first-order valence-electron chi connectivity index (χ1n) is 6.81. The van der Waals surface area contributed by atoms with Crippen molar-refractivity contribution in [2.24, 2.45) is 11.7 Å². The lowest BCUT2D eigenvalue weighted by atomic mass is 10.1. The number of carbonyl (C=O) groups excluding carboxylic acids is 1. The zero-order chi connectivity index (χ0) is 14.3. The van der Waals surface area contributed by atoms with Gasteiger partial charge in [-0.05, 0) is 24.7 Å². The number of rotatable bonds is 7. The summed E-state index contributed by atoms with van der Waals surface area (Å²) in [5.41, 5.74) is 7.86. The molecule has 0 heterocycles. The molecule has 1 rings (SSSR count). The smallest absolute Gasteiger partial charge is 0.224 e. The first-order valence-corrected chi connectivity index (χ1v) is 6.81. The van der Waals surface area contributed by atoms with E-state index < -0.39 is 0 Å². The van der Waals surface area contributed by atoms with Crippen LogP contribution in [0.5, 0.6) is 0 Å². The maximum atomic E-state index is 11.7. The van der Waals surface area contributed by atoms with Gasteiger partial charge in [0.15, 0.2) is 0 Å². The van der Waals surface area contributed by atoms with Gasteiger partial charge in [-0.15, -0.1) is 0 Å². The highest BCUT2D eigenvalue weighted by Crippen LogP contribution is 2.07. The van der Waals surface area contributed by atoms with E-state index in [0.717, 1.165) is 18.7 Å². The quantitative estimate of drug-likeness (QED) is 0.780. The van der Waals surface area contributed by atoms with Crippen molar-refractivity contribution in [2.75, 3.05) is 20.1 Å². The molecular formula is C15H25N3O. The zero-order valence-corrected chi connectivity index (χ0v) is 12.1. The van der Waals surface area contributed by atoms with E-state index in [1.54, 1.807) is 0 Å². The Hall–Kier alpha value is -1.39. The Kier molecular flexibility index (Phi) is 6.53. The first kappa shape index (κ1) is 15.7. The molecule has 1 aromatic carbocycles. The molecule has 0 fully saturated rings. The number of hydrogen-bond acceptors (Lipinski definition) is 3. The highest BCUT2D eigenvalue weighted by molar-refractivity contribution is 5.78. The SMILES string of the molecule is CCN(C)Cc1cccc(CNC(=O)C(C)CN)c1. The number of nitrogens with zero attached hydrogens (tertiary/aromatic N) is 1. The van der Waals surface area contributed by atoms with Gasteiger partial charge in [0.2, 0.25) is 5.91 Å². The number of carbonyl (C=O) groups is 1. The molecule has 1 atom stereocenters. The summed E-state index contributed by atoms with van der Waals surface area (Å²) >= 11 is 0. The Bertz CT molecular complexity index is 406. The molecule has 0 aromatic heterocycles. The lowest BCUT2D eigenvalue weighted by Gasteiger charge is -2.15. The predicted octanol–water partition coefficient (Wildman–Crippen LogP) is 1.35. The van der Waals surface area contributed by atoms with Gasteiger partial charge in [0.1, 0.15) is 0 Å². The summed E-state index contributed by atoms with van der Waals surface area (Å²) in [7, 11) is 2.09. The van der Waals surface area contributed by atoms with Gasteiger partial charge in [-0.3, -0.25) is 4.79 Å². The molecule has 19 heavy (non-hydrogen) atoms. The van der Waals surface area contributed by atoms with Gasteiger partial charge in [-0.2, -0.15) is 0 Å². The molecule has 0 aliphatic carbocycles. The minimum Gasteiger partial charge on any atom is -0.352 e. The van der Waals surface area contributed by atoms with Crippen molar-refractivity contribution < 1.29 is 4.79 Å². The Morgan fingerprint density at radius 3 is 2.74 bits per heavy atom. The van der Waals surface area contributed by atoms with E-state index in [4.69, 9.17) is 5.73 Å². The third-order valence-corrected chi connectivity index (χ3v) is 3.25. The van der Waals surface area contributed by atoms with Crippen LogP contribution in [-0.2, 0) is 17.9 Å². The molecule has 0 saturated heterocycles. The first-order chi connectivity index (χ1) is 9.06. The molecule has 0 saturated carbocycles. The van der Waals surface area contributed by atoms with Gasteiger partial charge < -0.3 is 16.0 Å². The van der Waals surface area contributed by atoms with E-state index in [-0.39, 0.29) is 11.8 Å². The minimum absolute atomic E-state index is 0.0126. The van der Waals surface area contributed by atoms with Crippen LogP contribution < -0.4 is 11.1 Å². The van der Waals surface area contributed by atoms with Gasteiger partial charge in [0, 0.05) is 25.6 Å². The van der Waals surface area contributed by atoms with E-state index in [9.17, 15) is 4.79 Å². The van der Waals surface area contributed by atoms with Crippen LogP contribution in [-0.4, -0.2) is 30.9 Å². The molecule has 1 amide bonds. The Labute approximate surface area is 116 Å². The molecule has 1 aromatic rings. The average Bonchev–Trinajstić information content (AvgIpc) is 2.44. The number of benzene rings is 1. The van der Waals surface area contributed by atoms with E-state index in [2.05, 4.69) is 36.3 Å². The molecule has 0 aliphatic rings. The largest absolute Gasteiger partial charge is 0.352 e. The van der Waals surface area contributed by atoms with Crippen LogP contribution in [0.2, 0.25) is 0 Å². The Balaban J connectivity index is 2.55. The Morgan fingerprint density at radius 1 is 1.42 bits per heavy atom. The van der Waals surface area contributed by atoms with Gasteiger partial charge in [-0.25, -0.2) is 0 Å². The van der Waals surface area contributed by atoms with Gasteiger partial charge >= 0.3 is 0 Å². The van der Waals surface area contributed by atoms with Crippen LogP contribution in [0.3, 0.4) is 0 Å². The van der Waals surface area contributed by atoms with Crippen LogP contribution in [0.4, 0.5) is 0 Å². The molecule has 4 heteroatoms. The average molecular weight is 263 g/mol. The number of hydrogen-bond donors (Lipinski definition) is 2. The van der Waals surface area contributed by atoms with Crippen molar-refractivity contribution in [3.05, 3.63) is 35.4 Å². The summed E-state index contributed by atoms with van der Waals surface area (Å²) < 4.78 is 0. The molecule has 0 radical (unpaired) electrons. The second kappa shape index (κ2) is 7.92. The Morgan fingerprint density at radius 2 is 2.11 bits per heavy atom. The van der Waals surface area contributed by atoms with E-state index in [1.165, 1.54) is 5.56 Å². The monoisotopic (exact) mass is 263 g/mol. The minimum atomic E-state index is -0.130. The highest BCUT2D eigenvalue weighted by Gasteiger charge is 2.09. The standard InChI is InChI=1S/C15H25N3O/c1-4-18(3)11-14-7-5-6-13(8-14)10-17-15(19)12(2)9-16/h5-8,12H,4,9-11,16H2,1-3H3,(H,17,19). The van der Waals surface area contributed by atoms with Crippen molar-refractivity contribution >= 4 is 5.91 Å². The van der Waals surface area contributed by atoms with Crippen LogP contribution in [0.15, 0.2) is 24.3 Å². The number of nitrogens with one attached hydrogen (secondary N) is 1. The summed E-state index contributed by atoms with van der Waals surface area (Å²) in [6.45, 7) is 6.87. The van der Waals surface area contributed by atoms with Crippen molar-refractivity contribution in [3.8, 4) is 0 Å². The van der Waals surface area contributed by atoms with Crippen LogP contribution in [0, 0.1) is 5.92 Å². The summed E-state index contributed by atoms with van der Waals surface area (Å²) in [6, 6.07) is 8.31. The summed E-state index contributed by atoms with van der Waals surface area (Å²) in [6.07, 6.45) is 0. The fourth-order valence-electron chi connectivity index (χ4n) is 1.73. The van der Waals surface area contributed by atoms with Crippen molar-refractivity contribution in [1.82, 2.24) is 10.2 Å². The van der Waals surface area contributed by atoms with Crippen molar-refractivity contribution in [1.29, 1.82) is 0 Å². The topological polar surface area (TPSA) is 58.4 Å². The third kappa shape index (κ3) is 5.41. The maximum Gasteiger partial charge on any atom is 0.224 e. The lowest BCUT2D eigenvalue weighted by molar-refractivity contribution is -0.124. The maximum absolute atomic E-state index is 11.7.